The first-order valence-corrected chi connectivity index (χ1v) is 11.0. The minimum Gasteiger partial charge on any atom is -0.383 e. The standard InChI is InChI=1S/C24H25FN8/c1-14(2)33-13-28-31-24(33)19-5-4-6-22(29-19)30-23(26)17-10-21(15(3)9-18(17)25)32-11-20(27-12-32)16-7-8-16/h4-6,9-14,16H,7-8H2,1-3H3,(H2,26,29,30). The van der Waals surface area contributed by atoms with Crippen LogP contribution in [0.2, 0.25) is 0 Å². The van der Waals surface area contributed by atoms with Crippen molar-refractivity contribution in [2.45, 2.75) is 45.6 Å². The molecule has 5 rings (SSSR count). The molecule has 0 unspecified atom stereocenters. The molecule has 1 saturated carbocycles. The average molecular weight is 445 g/mol. The smallest absolute Gasteiger partial charge is 0.182 e. The molecule has 1 fully saturated rings. The van der Waals surface area contributed by atoms with Gasteiger partial charge in [-0.3, -0.25) is 0 Å². The third-order valence-corrected chi connectivity index (χ3v) is 5.77. The Morgan fingerprint density at radius 3 is 2.79 bits per heavy atom. The van der Waals surface area contributed by atoms with Gasteiger partial charge in [0.2, 0.25) is 0 Å². The number of pyridine rings is 1. The lowest BCUT2D eigenvalue weighted by molar-refractivity contribution is 0.603. The molecule has 8 nitrogen and oxygen atoms in total. The highest BCUT2D eigenvalue weighted by molar-refractivity contribution is 5.99. The molecule has 0 aliphatic heterocycles. The summed E-state index contributed by atoms with van der Waals surface area (Å²) >= 11 is 0. The Morgan fingerprint density at radius 1 is 1.21 bits per heavy atom. The number of halogens is 1. The van der Waals surface area contributed by atoms with Gasteiger partial charge < -0.3 is 14.9 Å². The summed E-state index contributed by atoms with van der Waals surface area (Å²) in [7, 11) is 0. The normalized spacial score (nSPS) is 14.3. The summed E-state index contributed by atoms with van der Waals surface area (Å²) < 4.78 is 18.7. The second-order valence-electron chi connectivity index (χ2n) is 8.63. The second kappa shape index (κ2) is 8.23. The number of nitrogens with zero attached hydrogens (tertiary/aromatic N) is 7. The lowest BCUT2D eigenvalue weighted by Crippen LogP contribution is -2.16. The molecule has 168 valence electrons. The summed E-state index contributed by atoms with van der Waals surface area (Å²) in [4.78, 5) is 13.5. The van der Waals surface area contributed by atoms with Crippen molar-refractivity contribution in [1.29, 1.82) is 0 Å². The van der Waals surface area contributed by atoms with E-state index in [9.17, 15) is 4.39 Å². The maximum Gasteiger partial charge on any atom is 0.182 e. The van der Waals surface area contributed by atoms with E-state index in [1.807, 2.05) is 48.2 Å². The van der Waals surface area contributed by atoms with E-state index < -0.39 is 5.82 Å². The number of imidazole rings is 1. The fraction of sp³-hybridized carbons (Fsp3) is 0.292. The molecule has 9 heteroatoms. The van der Waals surface area contributed by atoms with Crippen LogP contribution in [0.25, 0.3) is 17.2 Å². The number of aromatic nitrogens is 6. The van der Waals surface area contributed by atoms with Gasteiger partial charge in [0.25, 0.3) is 0 Å². The number of hydrogen-bond donors (Lipinski definition) is 1. The maximum atomic E-state index is 14.9. The first kappa shape index (κ1) is 21.0. The third kappa shape index (κ3) is 4.13. The second-order valence-corrected chi connectivity index (χ2v) is 8.63. The number of benzene rings is 1. The highest BCUT2D eigenvalue weighted by atomic mass is 19.1. The predicted molar refractivity (Wildman–Crippen MR) is 124 cm³/mol. The summed E-state index contributed by atoms with van der Waals surface area (Å²) in [6.45, 7) is 5.94. The first-order valence-electron chi connectivity index (χ1n) is 11.0. The molecule has 1 aliphatic rings. The van der Waals surface area contributed by atoms with Crippen molar-refractivity contribution in [3.05, 3.63) is 71.8 Å². The summed E-state index contributed by atoms with van der Waals surface area (Å²) in [6, 6.07) is 8.73. The SMILES string of the molecule is Cc1cc(F)c(C(N)=Nc2cccc(-c3nncn3C(C)C)n2)cc1-n1cnc(C2CC2)c1. The summed E-state index contributed by atoms with van der Waals surface area (Å²) in [5, 5.41) is 8.16. The minimum atomic E-state index is -0.435. The van der Waals surface area contributed by atoms with Gasteiger partial charge in [-0.25, -0.2) is 19.4 Å². The molecular formula is C24H25FN8. The molecule has 1 aromatic carbocycles. The van der Waals surface area contributed by atoms with Gasteiger partial charge in [0.1, 0.15) is 23.7 Å². The zero-order valence-electron chi connectivity index (χ0n) is 18.8. The van der Waals surface area contributed by atoms with Crippen LogP contribution < -0.4 is 5.73 Å². The minimum absolute atomic E-state index is 0.0475. The van der Waals surface area contributed by atoms with E-state index in [1.54, 1.807) is 24.8 Å². The Morgan fingerprint density at radius 2 is 2.03 bits per heavy atom. The van der Waals surface area contributed by atoms with Crippen molar-refractivity contribution in [2.75, 3.05) is 0 Å². The van der Waals surface area contributed by atoms with Crippen LogP contribution in [-0.2, 0) is 0 Å². The molecule has 3 aromatic heterocycles. The van der Waals surface area contributed by atoms with E-state index in [0.717, 1.165) is 16.9 Å². The number of amidine groups is 1. The first-order chi connectivity index (χ1) is 15.9. The molecule has 33 heavy (non-hydrogen) atoms. The van der Waals surface area contributed by atoms with Gasteiger partial charge in [-0.15, -0.1) is 10.2 Å². The zero-order valence-corrected chi connectivity index (χ0v) is 18.8. The van der Waals surface area contributed by atoms with Gasteiger partial charge in [-0.2, -0.15) is 0 Å². The van der Waals surface area contributed by atoms with Gasteiger partial charge >= 0.3 is 0 Å². The maximum absolute atomic E-state index is 14.9. The topological polar surface area (TPSA) is 99.8 Å². The highest BCUT2D eigenvalue weighted by Gasteiger charge is 2.26. The molecule has 2 N–H and O–H groups in total. The van der Waals surface area contributed by atoms with Crippen LogP contribution >= 0.6 is 0 Å². The van der Waals surface area contributed by atoms with Gasteiger partial charge in [-0.05, 0) is 63.4 Å². The van der Waals surface area contributed by atoms with E-state index in [1.165, 1.54) is 18.9 Å². The van der Waals surface area contributed by atoms with Crippen molar-refractivity contribution in [3.8, 4) is 17.2 Å². The number of aliphatic imine (C=N–C) groups is 1. The summed E-state index contributed by atoms with van der Waals surface area (Å²) in [6.07, 6.45) is 7.78. The molecular weight excluding hydrogens is 419 g/mol. The van der Waals surface area contributed by atoms with Crippen molar-refractivity contribution in [1.82, 2.24) is 29.3 Å². The Kier molecular flexibility index (Phi) is 5.24. The van der Waals surface area contributed by atoms with Crippen LogP contribution in [0.3, 0.4) is 0 Å². The highest BCUT2D eigenvalue weighted by Crippen LogP contribution is 2.39. The van der Waals surface area contributed by atoms with E-state index in [-0.39, 0.29) is 17.4 Å². The lowest BCUT2D eigenvalue weighted by Gasteiger charge is -2.11. The zero-order chi connectivity index (χ0) is 23.1. The number of hydrogen-bond acceptors (Lipinski definition) is 5. The van der Waals surface area contributed by atoms with Crippen LogP contribution in [-0.4, -0.2) is 35.1 Å². The van der Waals surface area contributed by atoms with Gasteiger partial charge in [0.05, 0.1) is 23.3 Å². The quantitative estimate of drug-likeness (QED) is 0.349. The number of rotatable bonds is 6. The molecule has 0 atom stereocenters. The molecule has 3 heterocycles. The van der Waals surface area contributed by atoms with Gasteiger partial charge in [0, 0.05) is 18.2 Å². The van der Waals surface area contributed by atoms with Crippen molar-refractivity contribution >= 4 is 11.7 Å². The molecule has 4 aromatic rings. The predicted octanol–water partition coefficient (Wildman–Crippen LogP) is 4.47. The number of nitrogens with two attached hydrogens (primary N) is 1. The summed E-state index contributed by atoms with van der Waals surface area (Å²) in [5.41, 5.74) is 9.75. The molecule has 1 aliphatic carbocycles. The molecule has 0 spiro atoms. The molecule has 0 radical (unpaired) electrons. The lowest BCUT2D eigenvalue weighted by atomic mass is 10.1. The van der Waals surface area contributed by atoms with Gasteiger partial charge in [-0.1, -0.05) is 6.07 Å². The average Bonchev–Trinajstić information content (AvgIpc) is 3.31. The van der Waals surface area contributed by atoms with Crippen molar-refractivity contribution < 1.29 is 4.39 Å². The fourth-order valence-corrected chi connectivity index (χ4v) is 3.79. The Bertz CT molecular complexity index is 1350. The third-order valence-electron chi connectivity index (χ3n) is 5.77. The fourth-order valence-electron chi connectivity index (χ4n) is 3.79. The Hall–Kier alpha value is -3.88. The van der Waals surface area contributed by atoms with E-state index in [2.05, 4.69) is 25.2 Å². The Labute approximate surface area is 191 Å². The van der Waals surface area contributed by atoms with E-state index in [0.29, 0.717) is 23.3 Å². The largest absolute Gasteiger partial charge is 0.383 e. The van der Waals surface area contributed by atoms with Gasteiger partial charge in [0.15, 0.2) is 11.6 Å². The monoisotopic (exact) mass is 444 g/mol. The molecule has 0 amide bonds. The summed E-state index contributed by atoms with van der Waals surface area (Å²) in [5.74, 6) is 1.15. The number of aryl methyl sites for hydroxylation is 1. The molecule has 0 bridgehead atoms. The van der Waals surface area contributed by atoms with Crippen LogP contribution in [0.15, 0.2) is 54.2 Å². The van der Waals surface area contributed by atoms with Crippen LogP contribution in [0.5, 0.6) is 0 Å². The van der Waals surface area contributed by atoms with E-state index >= 15 is 0 Å². The van der Waals surface area contributed by atoms with Crippen LogP contribution in [0, 0.1) is 12.7 Å². The Balaban J connectivity index is 1.49. The van der Waals surface area contributed by atoms with Crippen molar-refractivity contribution in [2.24, 2.45) is 10.7 Å². The molecule has 0 saturated heterocycles. The van der Waals surface area contributed by atoms with E-state index in [4.69, 9.17) is 5.73 Å². The van der Waals surface area contributed by atoms with Crippen LogP contribution in [0.4, 0.5) is 10.2 Å². The van der Waals surface area contributed by atoms with Crippen LogP contribution in [0.1, 0.15) is 55.5 Å². The van der Waals surface area contributed by atoms with Crippen molar-refractivity contribution in [3.63, 3.8) is 0 Å².